The van der Waals surface area contributed by atoms with E-state index in [1.165, 1.54) is 25.0 Å². The van der Waals surface area contributed by atoms with Gasteiger partial charge < -0.3 is 9.47 Å². The van der Waals surface area contributed by atoms with Gasteiger partial charge in [-0.3, -0.25) is 14.2 Å². The largest absolute Gasteiger partial charge is 0.497 e. The number of thiazole rings is 1. The van der Waals surface area contributed by atoms with Crippen molar-refractivity contribution < 1.29 is 19.1 Å². The number of nitrogens with zero attached hydrogens (tertiary/aromatic N) is 2. The van der Waals surface area contributed by atoms with Crippen LogP contribution in [-0.2, 0) is 11.3 Å². The van der Waals surface area contributed by atoms with Crippen molar-refractivity contribution in [3.8, 4) is 5.75 Å². The molecule has 1 N–H and O–H groups in total. The van der Waals surface area contributed by atoms with Gasteiger partial charge in [-0.1, -0.05) is 35.1 Å². The van der Waals surface area contributed by atoms with E-state index in [-0.39, 0.29) is 16.6 Å². The molecule has 0 unspecified atom stereocenters. The van der Waals surface area contributed by atoms with Gasteiger partial charge in [0.25, 0.3) is 5.91 Å². The smallest absolute Gasteiger partial charge is 0.337 e. The summed E-state index contributed by atoms with van der Waals surface area (Å²) in [5.41, 5.74) is 3.88. The fraction of sp³-hybridized carbons (Fsp3) is 0.143. The molecule has 31 heavy (non-hydrogen) atoms. The fourth-order valence-corrected chi connectivity index (χ4v) is 3.78. The van der Waals surface area contributed by atoms with Crippen LogP contribution in [0.3, 0.4) is 0 Å². The van der Waals surface area contributed by atoms with Gasteiger partial charge in [-0.25, -0.2) is 10.2 Å². The summed E-state index contributed by atoms with van der Waals surface area (Å²) >= 11 is 7.23. The first kappa shape index (κ1) is 22.3. The van der Waals surface area contributed by atoms with E-state index in [0.29, 0.717) is 27.3 Å². The van der Waals surface area contributed by atoms with Crippen molar-refractivity contribution in [2.75, 3.05) is 14.2 Å². The summed E-state index contributed by atoms with van der Waals surface area (Å²) in [5, 5.41) is 4.07. The number of halogens is 1. The molecule has 0 aliphatic heterocycles. The molecule has 1 heterocycles. The normalized spacial score (nSPS) is 10.8. The number of carbonyl (C=O) groups is 2. The zero-order valence-corrected chi connectivity index (χ0v) is 18.2. The van der Waals surface area contributed by atoms with Crippen LogP contribution in [0.1, 0.15) is 31.2 Å². The van der Waals surface area contributed by atoms with Crippen LogP contribution in [0.4, 0.5) is 0 Å². The van der Waals surface area contributed by atoms with Crippen molar-refractivity contribution in [3.05, 3.63) is 84.9 Å². The molecule has 8 nitrogen and oxygen atoms in total. The molecule has 0 saturated carbocycles. The van der Waals surface area contributed by atoms with Crippen LogP contribution < -0.4 is 15.0 Å². The number of hydrogen-bond acceptors (Lipinski definition) is 7. The second-order valence-electron chi connectivity index (χ2n) is 6.23. The number of amides is 1. The van der Waals surface area contributed by atoms with Crippen LogP contribution in [0.2, 0.25) is 5.15 Å². The van der Waals surface area contributed by atoms with Gasteiger partial charge >= 0.3 is 10.8 Å². The number of ether oxygens (including phenoxy) is 2. The van der Waals surface area contributed by atoms with E-state index in [1.54, 1.807) is 48.5 Å². The van der Waals surface area contributed by atoms with E-state index in [1.807, 2.05) is 0 Å². The standard InChI is InChI=1S/C21H18ClN3O5S/c1-29-16-8-6-14(7-9-16)19(26)24-23-11-17-18(22)25(21(28)31-17)12-13-4-3-5-15(10-13)20(27)30-2/h3-11H,12H2,1-2H3,(H,24,26)/b23-11-. The van der Waals surface area contributed by atoms with Crippen molar-refractivity contribution in [1.82, 2.24) is 9.99 Å². The molecule has 0 fully saturated rings. The van der Waals surface area contributed by atoms with E-state index in [9.17, 15) is 14.4 Å². The Bertz CT molecular complexity index is 1180. The van der Waals surface area contributed by atoms with Crippen molar-refractivity contribution in [1.29, 1.82) is 0 Å². The van der Waals surface area contributed by atoms with Crippen LogP contribution in [0.25, 0.3) is 0 Å². The highest BCUT2D eigenvalue weighted by Crippen LogP contribution is 2.19. The molecular formula is C21H18ClN3O5S. The summed E-state index contributed by atoms with van der Waals surface area (Å²) < 4.78 is 11.1. The minimum Gasteiger partial charge on any atom is -0.497 e. The quantitative estimate of drug-likeness (QED) is 0.332. The maximum absolute atomic E-state index is 12.4. The zero-order valence-electron chi connectivity index (χ0n) is 16.6. The molecule has 0 aliphatic carbocycles. The third-order valence-corrected chi connectivity index (χ3v) is 5.68. The van der Waals surface area contributed by atoms with Gasteiger partial charge in [0, 0.05) is 5.56 Å². The van der Waals surface area contributed by atoms with Crippen molar-refractivity contribution in [2.45, 2.75) is 6.54 Å². The highest BCUT2D eigenvalue weighted by molar-refractivity contribution is 7.11. The van der Waals surface area contributed by atoms with Gasteiger partial charge in [-0.05, 0) is 42.0 Å². The molecule has 0 saturated heterocycles. The Kier molecular flexibility index (Phi) is 7.22. The number of carbonyl (C=O) groups excluding carboxylic acids is 2. The van der Waals surface area contributed by atoms with E-state index in [0.717, 1.165) is 11.3 Å². The lowest BCUT2D eigenvalue weighted by Gasteiger charge is -2.06. The molecule has 0 bridgehead atoms. The maximum Gasteiger partial charge on any atom is 0.337 e. The predicted octanol–water partition coefficient (Wildman–Crippen LogP) is 3.17. The van der Waals surface area contributed by atoms with Gasteiger partial charge in [0.15, 0.2) is 0 Å². The minimum atomic E-state index is -0.467. The Morgan fingerprint density at radius 2 is 1.90 bits per heavy atom. The molecule has 1 amide bonds. The summed E-state index contributed by atoms with van der Waals surface area (Å²) in [6, 6.07) is 13.3. The van der Waals surface area contributed by atoms with Gasteiger partial charge in [-0.2, -0.15) is 5.10 Å². The number of methoxy groups -OCH3 is 2. The van der Waals surface area contributed by atoms with Gasteiger partial charge in [0.2, 0.25) is 0 Å². The highest BCUT2D eigenvalue weighted by atomic mass is 35.5. The number of benzene rings is 2. The lowest BCUT2D eigenvalue weighted by atomic mass is 10.1. The third-order valence-electron chi connectivity index (χ3n) is 4.25. The van der Waals surface area contributed by atoms with Crippen LogP contribution in [0.15, 0.2) is 58.4 Å². The first-order valence-electron chi connectivity index (χ1n) is 8.96. The van der Waals surface area contributed by atoms with Gasteiger partial charge in [-0.15, -0.1) is 0 Å². The second-order valence-corrected chi connectivity index (χ2v) is 7.58. The first-order valence-corrected chi connectivity index (χ1v) is 10.2. The minimum absolute atomic E-state index is 0.172. The number of hydrazone groups is 1. The number of rotatable bonds is 7. The molecule has 160 valence electrons. The zero-order chi connectivity index (χ0) is 22.4. The van der Waals surface area contributed by atoms with E-state index >= 15 is 0 Å². The summed E-state index contributed by atoms with van der Waals surface area (Å²) in [6.07, 6.45) is 1.32. The molecule has 0 aliphatic rings. The van der Waals surface area contributed by atoms with Crippen LogP contribution in [-0.4, -0.2) is 36.9 Å². The Labute approximate surface area is 186 Å². The molecule has 3 rings (SSSR count). The molecule has 1 aromatic heterocycles. The van der Waals surface area contributed by atoms with Crippen molar-refractivity contribution in [2.24, 2.45) is 5.10 Å². The molecule has 10 heteroatoms. The van der Waals surface area contributed by atoms with Gasteiger partial charge in [0.1, 0.15) is 10.9 Å². The van der Waals surface area contributed by atoms with Crippen LogP contribution >= 0.6 is 22.9 Å². The average Bonchev–Trinajstić information content (AvgIpc) is 3.06. The molecule has 2 aromatic carbocycles. The Morgan fingerprint density at radius 1 is 1.16 bits per heavy atom. The number of aromatic nitrogens is 1. The lowest BCUT2D eigenvalue weighted by molar-refractivity contribution is 0.0600. The number of hydrogen-bond donors (Lipinski definition) is 1. The second kappa shape index (κ2) is 10.1. The highest BCUT2D eigenvalue weighted by Gasteiger charge is 2.13. The summed E-state index contributed by atoms with van der Waals surface area (Å²) in [4.78, 5) is 36.3. The SMILES string of the molecule is COC(=O)c1cccc(Cn2c(Cl)c(/C=N\NC(=O)c3ccc(OC)cc3)sc2=O)c1. The average molecular weight is 460 g/mol. The fourth-order valence-electron chi connectivity index (χ4n) is 2.67. The molecular weight excluding hydrogens is 442 g/mol. The first-order chi connectivity index (χ1) is 14.9. The van der Waals surface area contributed by atoms with Crippen LogP contribution in [0.5, 0.6) is 5.75 Å². The number of esters is 1. The van der Waals surface area contributed by atoms with Crippen LogP contribution in [0, 0.1) is 0 Å². The molecule has 0 spiro atoms. The molecule has 0 atom stereocenters. The van der Waals surface area contributed by atoms with E-state index < -0.39 is 11.9 Å². The van der Waals surface area contributed by atoms with E-state index in [2.05, 4.69) is 10.5 Å². The summed E-state index contributed by atoms with van der Waals surface area (Å²) in [5.74, 6) is -0.248. The molecule has 0 radical (unpaired) electrons. The summed E-state index contributed by atoms with van der Waals surface area (Å²) in [6.45, 7) is 0.172. The monoisotopic (exact) mass is 459 g/mol. The molecule has 3 aromatic rings. The third kappa shape index (κ3) is 5.39. The van der Waals surface area contributed by atoms with Crippen molar-refractivity contribution >= 4 is 41.0 Å². The lowest BCUT2D eigenvalue weighted by Crippen LogP contribution is -2.17. The Balaban J connectivity index is 1.71. The number of nitrogens with one attached hydrogen (secondary N) is 1. The Morgan fingerprint density at radius 3 is 2.58 bits per heavy atom. The topological polar surface area (TPSA) is 99.0 Å². The Hall–Kier alpha value is -3.43. The van der Waals surface area contributed by atoms with Gasteiger partial charge in [0.05, 0.1) is 37.4 Å². The summed E-state index contributed by atoms with van der Waals surface area (Å²) in [7, 11) is 2.84. The van der Waals surface area contributed by atoms with Crippen molar-refractivity contribution in [3.63, 3.8) is 0 Å². The predicted molar refractivity (Wildman–Crippen MR) is 119 cm³/mol. The maximum atomic E-state index is 12.4. The van der Waals surface area contributed by atoms with E-state index in [4.69, 9.17) is 21.1 Å².